The van der Waals surface area contributed by atoms with E-state index in [0.29, 0.717) is 12.2 Å². The first-order valence-corrected chi connectivity index (χ1v) is 4.79. The third-order valence-electron chi connectivity index (χ3n) is 1.75. The molecule has 0 saturated carbocycles. The predicted octanol–water partition coefficient (Wildman–Crippen LogP) is 3.19. The van der Waals surface area contributed by atoms with Gasteiger partial charge in [-0.25, -0.2) is 8.78 Å². The fourth-order valence-corrected chi connectivity index (χ4v) is 0.994. The normalized spacial score (nSPS) is 8.82. The second-order valence-corrected chi connectivity index (χ2v) is 2.94. The van der Waals surface area contributed by atoms with Crippen LogP contribution in [0.5, 0.6) is 5.75 Å². The Labute approximate surface area is 97.5 Å². The van der Waals surface area contributed by atoms with E-state index in [2.05, 4.69) is 4.74 Å². The molecule has 0 amide bonds. The van der Waals surface area contributed by atoms with Gasteiger partial charge in [-0.3, -0.25) is 4.79 Å². The highest BCUT2D eigenvalue weighted by Crippen LogP contribution is 2.05. The fourth-order valence-electron chi connectivity index (χ4n) is 0.994. The predicted molar refractivity (Wildman–Crippen MR) is 59.5 cm³/mol. The molecule has 0 spiro atoms. The first kappa shape index (κ1) is 12.8. The second kappa shape index (κ2) is 7.11. The Kier molecular flexibility index (Phi) is 5.37. The lowest BCUT2D eigenvalue weighted by molar-refractivity contribution is -0.120. The summed E-state index contributed by atoms with van der Waals surface area (Å²) in [4.78, 5) is 9.75. The molecule has 88 valence electrons. The van der Waals surface area contributed by atoms with Crippen LogP contribution in [-0.2, 0) is 4.79 Å². The minimum Gasteiger partial charge on any atom is -0.429 e. The van der Waals surface area contributed by atoms with Gasteiger partial charge in [0.05, 0.1) is 0 Å². The summed E-state index contributed by atoms with van der Waals surface area (Å²) in [5.41, 5.74) is 0. The molecule has 2 nitrogen and oxygen atoms in total. The van der Waals surface area contributed by atoms with Crippen LogP contribution in [-0.4, -0.2) is 6.47 Å². The topological polar surface area (TPSA) is 26.3 Å². The molecular formula is C13H10F2O2. The van der Waals surface area contributed by atoms with Gasteiger partial charge in [0.15, 0.2) is 11.6 Å². The number of carbonyl (C=O) groups excluding carboxylic acids is 1. The van der Waals surface area contributed by atoms with Crippen LogP contribution in [0.15, 0.2) is 54.6 Å². The van der Waals surface area contributed by atoms with E-state index in [1.807, 2.05) is 6.07 Å². The molecule has 0 fully saturated rings. The Morgan fingerprint density at radius 3 is 1.71 bits per heavy atom. The van der Waals surface area contributed by atoms with Gasteiger partial charge in [0.25, 0.3) is 6.47 Å². The molecule has 0 unspecified atom stereocenters. The van der Waals surface area contributed by atoms with Crippen molar-refractivity contribution in [3.8, 4) is 5.75 Å². The van der Waals surface area contributed by atoms with Crippen molar-refractivity contribution in [2.24, 2.45) is 0 Å². The van der Waals surface area contributed by atoms with Crippen molar-refractivity contribution in [2.75, 3.05) is 0 Å². The van der Waals surface area contributed by atoms with E-state index in [4.69, 9.17) is 0 Å². The van der Waals surface area contributed by atoms with Crippen LogP contribution in [0, 0.1) is 11.6 Å². The molecule has 0 atom stereocenters. The zero-order chi connectivity index (χ0) is 12.5. The second-order valence-electron chi connectivity index (χ2n) is 2.94. The van der Waals surface area contributed by atoms with E-state index in [1.54, 1.807) is 24.3 Å². The van der Waals surface area contributed by atoms with Crippen molar-refractivity contribution >= 4 is 6.47 Å². The van der Waals surface area contributed by atoms with E-state index in [9.17, 15) is 13.6 Å². The van der Waals surface area contributed by atoms with Gasteiger partial charge in [0.1, 0.15) is 5.75 Å². The van der Waals surface area contributed by atoms with Crippen molar-refractivity contribution < 1.29 is 18.3 Å². The molecule has 4 heteroatoms. The average molecular weight is 236 g/mol. The maximum absolute atomic E-state index is 11.9. The zero-order valence-electron chi connectivity index (χ0n) is 8.85. The molecule has 0 saturated heterocycles. The Morgan fingerprint density at radius 2 is 1.29 bits per heavy atom. The van der Waals surface area contributed by atoms with E-state index in [1.165, 1.54) is 12.1 Å². The molecular weight excluding hydrogens is 226 g/mol. The number of hydrogen-bond donors (Lipinski definition) is 0. The third kappa shape index (κ3) is 4.88. The molecule has 2 aromatic carbocycles. The summed E-state index contributed by atoms with van der Waals surface area (Å²) in [5.74, 6) is -1.02. The Morgan fingerprint density at radius 1 is 0.824 bits per heavy atom. The van der Waals surface area contributed by atoms with Crippen LogP contribution < -0.4 is 4.74 Å². The monoisotopic (exact) mass is 236 g/mol. The summed E-state index contributed by atoms with van der Waals surface area (Å²) in [7, 11) is 0. The number of hydrogen-bond acceptors (Lipinski definition) is 2. The summed E-state index contributed by atoms with van der Waals surface area (Å²) < 4.78 is 28.4. The molecule has 0 N–H and O–H groups in total. The number of halogens is 2. The molecule has 0 aromatic heterocycles. The highest BCUT2D eigenvalue weighted by atomic mass is 19.2. The molecule has 0 aliphatic rings. The van der Waals surface area contributed by atoms with Crippen molar-refractivity contribution in [1.29, 1.82) is 0 Å². The summed E-state index contributed by atoms with van der Waals surface area (Å²) in [6.07, 6.45) is 0. The van der Waals surface area contributed by atoms with Crippen LogP contribution in [0.4, 0.5) is 8.78 Å². The standard InChI is InChI=1S/C7H6O2.C6H4F2/c8-6-9-7-4-2-1-3-5-7;7-5-3-1-2-4-6(5)8/h1-6H;1-4H. The van der Waals surface area contributed by atoms with Gasteiger partial charge in [-0.1, -0.05) is 30.3 Å². The molecule has 2 aromatic rings. The zero-order valence-corrected chi connectivity index (χ0v) is 8.85. The molecule has 17 heavy (non-hydrogen) atoms. The van der Waals surface area contributed by atoms with Crippen LogP contribution in [0.3, 0.4) is 0 Å². The van der Waals surface area contributed by atoms with E-state index in [-0.39, 0.29) is 0 Å². The van der Waals surface area contributed by atoms with Gasteiger partial charge < -0.3 is 4.74 Å². The van der Waals surface area contributed by atoms with E-state index in [0.717, 1.165) is 12.1 Å². The van der Waals surface area contributed by atoms with Crippen molar-refractivity contribution in [2.45, 2.75) is 0 Å². The number of para-hydroxylation sites is 1. The lowest BCUT2D eigenvalue weighted by Gasteiger charge is -1.92. The van der Waals surface area contributed by atoms with Crippen LogP contribution in [0.1, 0.15) is 0 Å². The fraction of sp³-hybridized carbons (Fsp3) is 0. The summed E-state index contributed by atoms with van der Waals surface area (Å²) in [6, 6.07) is 13.9. The average Bonchev–Trinajstić information content (AvgIpc) is 2.36. The van der Waals surface area contributed by atoms with Gasteiger partial charge in [-0.05, 0) is 24.3 Å². The van der Waals surface area contributed by atoms with E-state index < -0.39 is 11.6 Å². The first-order valence-electron chi connectivity index (χ1n) is 4.79. The lowest BCUT2D eigenvalue weighted by Crippen LogP contribution is -1.85. The van der Waals surface area contributed by atoms with Crippen molar-refractivity contribution in [3.63, 3.8) is 0 Å². The molecule has 0 heterocycles. The Hall–Kier alpha value is -2.23. The van der Waals surface area contributed by atoms with Gasteiger partial charge in [0, 0.05) is 0 Å². The number of carbonyl (C=O) groups is 1. The number of rotatable bonds is 2. The van der Waals surface area contributed by atoms with E-state index >= 15 is 0 Å². The number of benzene rings is 2. The maximum atomic E-state index is 11.9. The van der Waals surface area contributed by atoms with Gasteiger partial charge in [-0.15, -0.1) is 0 Å². The van der Waals surface area contributed by atoms with Crippen LogP contribution in [0.25, 0.3) is 0 Å². The molecule has 0 aliphatic heterocycles. The highest BCUT2D eigenvalue weighted by Gasteiger charge is 1.93. The Balaban J connectivity index is 0.000000171. The molecule has 2 rings (SSSR count). The Bertz CT molecular complexity index is 437. The smallest absolute Gasteiger partial charge is 0.298 e. The largest absolute Gasteiger partial charge is 0.429 e. The van der Waals surface area contributed by atoms with Crippen LogP contribution >= 0.6 is 0 Å². The van der Waals surface area contributed by atoms with Crippen LogP contribution in [0.2, 0.25) is 0 Å². The molecule has 0 aliphatic carbocycles. The highest BCUT2D eigenvalue weighted by molar-refractivity contribution is 5.44. The van der Waals surface area contributed by atoms with Crippen molar-refractivity contribution in [1.82, 2.24) is 0 Å². The minimum atomic E-state index is -0.799. The number of ether oxygens (including phenoxy) is 1. The molecule has 0 bridgehead atoms. The van der Waals surface area contributed by atoms with Gasteiger partial charge >= 0.3 is 0 Å². The minimum absolute atomic E-state index is 0.412. The quantitative estimate of drug-likeness (QED) is 0.748. The third-order valence-corrected chi connectivity index (χ3v) is 1.75. The van der Waals surface area contributed by atoms with Gasteiger partial charge in [0.2, 0.25) is 0 Å². The van der Waals surface area contributed by atoms with Crippen molar-refractivity contribution in [3.05, 3.63) is 66.2 Å². The SMILES string of the molecule is Fc1ccccc1F.O=COc1ccccc1. The first-order chi connectivity index (χ1) is 8.24. The maximum Gasteiger partial charge on any atom is 0.298 e. The van der Waals surface area contributed by atoms with Gasteiger partial charge in [-0.2, -0.15) is 0 Å². The summed E-state index contributed by atoms with van der Waals surface area (Å²) >= 11 is 0. The summed E-state index contributed by atoms with van der Waals surface area (Å²) in [6.45, 7) is 0.412. The summed E-state index contributed by atoms with van der Waals surface area (Å²) in [5, 5.41) is 0. The lowest BCUT2D eigenvalue weighted by atomic mass is 10.3. The molecule has 0 radical (unpaired) electrons.